The van der Waals surface area contributed by atoms with E-state index in [-0.39, 0.29) is 49.2 Å². The second-order valence-corrected chi connectivity index (χ2v) is 19.0. The van der Waals surface area contributed by atoms with Crippen molar-refractivity contribution in [3.05, 3.63) is 0 Å². The van der Waals surface area contributed by atoms with E-state index in [1.807, 2.05) is 0 Å². The Kier molecular flexibility index (Phi) is 52.3. The Morgan fingerprint density at radius 2 is 0.358 bits per heavy atom. The SMILES string of the molecule is CCCCCCCCCCCCCCCCCCCCCCS(=O)(=O)[O-].CCCCCCCCCCCCCCCCCCCCCCS(=O)(=O)[O-].[Ca+2]. The van der Waals surface area contributed by atoms with Crippen molar-refractivity contribution in [2.45, 2.75) is 271 Å². The fourth-order valence-corrected chi connectivity index (χ4v) is 8.18. The largest absolute Gasteiger partial charge is 2.00 e. The maximum absolute atomic E-state index is 10.5. The van der Waals surface area contributed by atoms with Crippen molar-refractivity contribution in [1.82, 2.24) is 0 Å². The molecule has 0 aromatic heterocycles. The third-order valence-corrected chi connectivity index (χ3v) is 12.1. The minimum Gasteiger partial charge on any atom is -0.748 e. The van der Waals surface area contributed by atoms with Gasteiger partial charge in [0, 0.05) is 11.5 Å². The van der Waals surface area contributed by atoms with Crippen LogP contribution in [0, 0.1) is 0 Å². The molecular weight excluding hydrogens is 729 g/mol. The first-order chi connectivity index (χ1) is 25.1. The second-order valence-electron chi connectivity index (χ2n) is 16.0. The zero-order chi connectivity index (χ0) is 38.7. The topological polar surface area (TPSA) is 114 Å². The molecule has 316 valence electrons. The molecule has 0 N–H and O–H groups in total. The van der Waals surface area contributed by atoms with Gasteiger partial charge in [-0.3, -0.25) is 0 Å². The Bertz CT molecular complexity index is 810. The fourth-order valence-electron chi connectivity index (χ4n) is 7.07. The molecular formula is C44H90CaO6S2. The Hall–Kier alpha value is 1.08. The molecule has 0 aliphatic rings. The van der Waals surface area contributed by atoms with Crippen LogP contribution in [0.3, 0.4) is 0 Å². The van der Waals surface area contributed by atoms with Crippen LogP contribution in [0.2, 0.25) is 0 Å². The van der Waals surface area contributed by atoms with Gasteiger partial charge in [-0.15, -0.1) is 0 Å². The Morgan fingerprint density at radius 3 is 0.472 bits per heavy atom. The zero-order valence-corrected chi connectivity index (χ0v) is 39.5. The molecule has 0 aliphatic heterocycles. The summed E-state index contributed by atoms with van der Waals surface area (Å²) in [7, 11) is -8.00. The number of rotatable bonds is 42. The maximum Gasteiger partial charge on any atom is 2.00 e. The second kappa shape index (κ2) is 47.5. The van der Waals surface area contributed by atoms with Crippen LogP contribution in [0.4, 0.5) is 0 Å². The molecule has 9 heteroatoms. The zero-order valence-electron chi connectivity index (χ0n) is 35.7. The van der Waals surface area contributed by atoms with Gasteiger partial charge in [-0.05, 0) is 12.8 Å². The van der Waals surface area contributed by atoms with E-state index in [1.54, 1.807) is 0 Å². The van der Waals surface area contributed by atoms with Gasteiger partial charge in [0.15, 0.2) is 0 Å². The molecule has 0 unspecified atom stereocenters. The fraction of sp³-hybridized carbons (Fsp3) is 1.00. The van der Waals surface area contributed by atoms with Gasteiger partial charge < -0.3 is 9.11 Å². The third-order valence-electron chi connectivity index (χ3n) is 10.5. The molecule has 6 nitrogen and oxygen atoms in total. The minimum atomic E-state index is -4.00. The van der Waals surface area contributed by atoms with Gasteiger partial charge in [-0.1, -0.05) is 258 Å². The first-order valence-electron chi connectivity index (χ1n) is 23.0. The van der Waals surface area contributed by atoms with Crippen molar-refractivity contribution in [2.75, 3.05) is 11.5 Å². The molecule has 0 rings (SSSR count). The van der Waals surface area contributed by atoms with Crippen molar-refractivity contribution < 1.29 is 25.9 Å². The van der Waals surface area contributed by atoms with Crippen LogP contribution in [0.1, 0.15) is 271 Å². The Balaban J connectivity index is -0.000000926. The normalized spacial score (nSPS) is 11.7. The molecule has 53 heavy (non-hydrogen) atoms. The van der Waals surface area contributed by atoms with Crippen molar-refractivity contribution in [1.29, 1.82) is 0 Å². The number of hydrogen-bond donors (Lipinski definition) is 0. The summed E-state index contributed by atoms with van der Waals surface area (Å²) in [5, 5.41) is 0. The smallest absolute Gasteiger partial charge is 0.748 e. The van der Waals surface area contributed by atoms with Gasteiger partial charge in [0.2, 0.25) is 0 Å². The average molecular weight is 819 g/mol. The van der Waals surface area contributed by atoms with E-state index in [9.17, 15) is 25.9 Å². The van der Waals surface area contributed by atoms with Crippen molar-refractivity contribution in [2.24, 2.45) is 0 Å². The van der Waals surface area contributed by atoms with Gasteiger partial charge in [-0.25, -0.2) is 16.8 Å². The van der Waals surface area contributed by atoms with E-state index >= 15 is 0 Å². The molecule has 0 aromatic carbocycles. The molecule has 0 saturated heterocycles. The summed E-state index contributed by atoms with van der Waals surface area (Å²) < 4.78 is 62.8. The Morgan fingerprint density at radius 1 is 0.245 bits per heavy atom. The van der Waals surface area contributed by atoms with E-state index < -0.39 is 20.2 Å². The monoisotopic (exact) mass is 819 g/mol. The Labute approximate surface area is 363 Å². The quantitative estimate of drug-likeness (QED) is 0.0344. The van der Waals surface area contributed by atoms with Crippen LogP contribution in [0.5, 0.6) is 0 Å². The molecule has 0 amide bonds. The van der Waals surface area contributed by atoms with E-state index in [1.165, 1.54) is 218 Å². The summed E-state index contributed by atoms with van der Waals surface area (Å²) in [5.74, 6) is -0.377. The summed E-state index contributed by atoms with van der Waals surface area (Å²) in [6, 6.07) is 0. The predicted octanol–water partition coefficient (Wildman–Crippen LogP) is 14.3. The summed E-state index contributed by atoms with van der Waals surface area (Å²) in [6.45, 7) is 4.55. The molecule has 0 spiro atoms. The van der Waals surface area contributed by atoms with Crippen LogP contribution >= 0.6 is 0 Å². The standard InChI is InChI=1S/2C22H46O3S.Ca/c2*1-2-3-4-5-6-7-8-9-10-11-12-13-14-15-16-17-18-19-20-21-22-26(23,24)25;/h2*2-22H2,1H3,(H,23,24,25);/q;;+2/p-2. The first kappa shape index (κ1) is 58.4. The van der Waals surface area contributed by atoms with Crippen LogP contribution in [0.15, 0.2) is 0 Å². The van der Waals surface area contributed by atoms with E-state index in [0.717, 1.165) is 25.7 Å². The molecule has 0 heterocycles. The van der Waals surface area contributed by atoms with Crippen LogP contribution in [-0.4, -0.2) is 75.2 Å². The van der Waals surface area contributed by atoms with Gasteiger partial charge in [-0.2, -0.15) is 0 Å². The maximum atomic E-state index is 10.5. The predicted molar refractivity (Wildman–Crippen MR) is 231 cm³/mol. The van der Waals surface area contributed by atoms with Gasteiger partial charge in [0.25, 0.3) is 0 Å². The van der Waals surface area contributed by atoms with E-state index in [2.05, 4.69) is 13.8 Å². The summed E-state index contributed by atoms with van der Waals surface area (Å²) >= 11 is 0. The molecule has 0 fully saturated rings. The summed E-state index contributed by atoms with van der Waals surface area (Å²) in [4.78, 5) is 0. The van der Waals surface area contributed by atoms with Crippen molar-refractivity contribution >= 4 is 58.0 Å². The van der Waals surface area contributed by atoms with Gasteiger partial charge in [0.1, 0.15) is 0 Å². The molecule has 0 aliphatic carbocycles. The minimum absolute atomic E-state index is 0. The first-order valence-corrected chi connectivity index (χ1v) is 26.1. The number of unbranched alkanes of at least 4 members (excludes halogenated alkanes) is 38. The summed E-state index contributed by atoms with van der Waals surface area (Å²) in [5.41, 5.74) is 0. The van der Waals surface area contributed by atoms with Crippen LogP contribution in [-0.2, 0) is 20.2 Å². The van der Waals surface area contributed by atoms with Gasteiger partial charge >= 0.3 is 37.7 Å². The third kappa shape index (κ3) is 62.5. The molecule has 0 atom stereocenters. The average Bonchev–Trinajstić information content (AvgIpc) is 3.09. The number of hydrogen-bond acceptors (Lipinski definition) is 6. The summed E-state index contributed by atoms with van der Waals surface area (Å²) in [6.07, 6.45) is 51.8. The molecule has 0 radical (unpaired) electrons. The van der Waals surface area contributed by atoms with Crippen LogP contribution < -0.4 is 0 Å². The van der Waals surface area contributed by atoms with E-state index in [4.69, 9.17) is 0 Å². The van der Waals surface area contributed by atoms with Gasteiger partial charge in [0.05, 0.1) is 20.2 Å². The molecule has 0 saturated carbocycles. The van der Waals surface area contributed by atoms with Crippen LogP contribution in [0.25, 0.3) is 0 Å². The molecule has 0 aromatic rings. The van der Waals surface area contributed by atoms with Crippen molar-refractivity contribution in [3.63, 3.8) is 0 Å². The van der Waals surface area contributed by atoms with Crippen molar-refractivity contribution in [3.8, 4) is 0 Å². The van der Waals surface area contributed by atoms with E-state index in [0.29, 0.717) is 12.8 Å². The molecule has 0 bridgehead atoms.